The molecule has 3 rings (SSSR count). The van der Waals surface area contributed by atoms with Gasteiger partial charge in [-0.1, -0.05) is 61.7 Å². The van der Waals surface area contributed by atoms with Crippen LogP contribution in [0.2, 0.25) is 0 Å². The van der Waals surface area contributed by atoms with Crippen molar-refractivity contribution in [2.45, 2.75) is 0 Å². The van der Waals surface area contributed by atoms with Crippen LogP contribution in [-0.4, -0.2) is 11.4 Å². The zero-order valence-corrected chi connectivity index (χ0v) is 16.9. The summed E-state index contributed by atoms with van der Waals surface area (Å²) in [5, 5.41) is 15.0. The molecule has 1 aliphatic carbocycles. The van der Waals surface area contributed by atoms with Crippen LogP contribution in [0.25, 0.3) is 18.2 Å². The van der Waals surface area contributed by atoms with E-state index in [2.05, 4.69) is 13.2 Å². The molecule has 0 spiro atoms. The molecule has 0 radical (unpaired) electrons. The van der Waals surface area contributed by atoms with Gasteiger partial charge in [-0.2, -0.15) is 0 Å². The number of anilines is 1. The lowest BCUT2D eigenvalue weighted by Crippen LogP contribution is -2.15. The highest BCUT2D eigenvalue weighted by Crippen LogP contribution is 2.33. The molecule has 26 heavy (non-hydrogen) atoms. The van der Waals surface area contributed by atoms with Crippen molar-refractivity contribution in [2.75, 3.05) is 5.73 Å². The molecule has 0 saturated carbocycles. The van der Waals surface area contributed by atoms with Gasteiger partial charge in [0.15, 0.2) is 5.75 Å². The Morgan fingerprint density at radius 2 is 1.77 bits per heavy atom. The third kappa shape index (κ3) is 4.44. The first-order valence-electron chi connectivity index (χ1n) is 7.61. The fourth-order valence-electron chi connectivity index (χ4n) is 2.42. The Kier molecular flexibility index (Phi) is 7.23. The molecule has 0 aliphatic heterocycles. The number of hydrogen-bond donors (Lipinski definition) is 3. The van der Waals surface area contributed by atoms with Crippen molar-refractivity contribution in [1.82, 2.24) is 0 Å². The summed E-state index contributed by atoms with van der Waals surface area (Å²) in [6.45, 7) is 7.42. The van der Waals surface area contributed by atoms with Crippen LogP contribution in [-0.2, 0) is 0 Å². The second-order valence-corrected chi connectivity index (χ2v) is 6.62. The lowest BCUT2D eigenvalue weighted by molar-refractivity contribution is 0.660. The normalized spacial score (nSPS) is 11.9. The van der Waals surface area contributed by atoms with Gasteiger partial charge in [-0.25, -0.2) is 0 Å². The van der Waals surface area contributed by atoms with E-state index in [1.165, 1.54) is 9.21 Å². The van der Waals surface area contributed by atoms with Gasteiger partial charge < -0.3 is 9.92 Å². The molecular weight excluding hydrogens is 457 g/mol. The number of benzene rings is 2. The van der Waals surface area contributed by atoms with Crippen molar-refractivity contribution in [3.05, 3.63) is 77.9 Å². The second kappa shape index (κ2) is 9.40. The average molecular weight is 475 g/mol. The Morgan fingerprint density at radius 1 is 1.04 bits per heavy atom. The molecule has 2 aromatic carbocycles. The van der Waals surface area contributed by atoms with Gasteiger partial charge in [0.25, 0.3) is 0 Å². The second-order valence-electron chi connectivity index (χ2n) is 5.24. The molecular formula is C20H18IN3OS. The molecule has 0 fully saturated rings. The van der Waals surface area contributed by atoms with Crippen molar-refractivity contribution >= 4 is 65.8 Å². The van der Waals surface area contributed by atoms with Crippen LogP contribution < -0.4 is 9.92 Å². The van der Waals surface area contributed by atoms with Gasteiger partial charge in [0.1, 0.15) is 9.21 Å². The first-order chi connectivity index (χ1) is 12.5. The first kappa shape index (κ1) is 20.0. The van der Waals surface area contributed by atoms with Gasteiger partial charge in [0.05, 0.1) is 17.1 Å². The Bertz CT molecular complexity index is 906. The summed E-state index contributed by atoms with van der Waals surface area (Å²) >= 11 is 2.04. The summed E-state index contributed by atoms with van der Waals surface area (Å²) < 4.78 is 5.27. The summed E-state index contributed by atoms with van der Waals surface area (Å²) in [6, 6.07) is 11.4. The highest BCUT2D eigenvalue weighted by atomic mass is 127. The SMILES string of the molecule is C=Cc1ccc(OSI)c(N)c1C=C.N=C1C=Cc2ccccc2C1=N. The molecule has 132 valence electrons. The van der Waals surface area contributed by atoms with Gasteiger partial charge in [-0.3, -0.25) is 10.8 Å². The molecule has 4 N–H and O–H groups in total. The van der Waals surface area contributed by atoms with Gasteiger partial charge in [0, 0.05) is 32.3 Å². The molecule has 0 unspecified atom stereocenters. The molecule has 6 heteroatoms. The van der Waals surface area contributed by atoms with E-state index in [1.807, 2.05) is 63.7 Å². The van der Waals surface area contributed by atoms with Crippen LogP contribution in [0.3, 0.4) is 0 Å². The van der Waals surface area contributed by atoms with Crippen LogP contribution in [0.15, 0.2) is 55.6 Å². The lowest BCUT2D eigenvalue weighted by atomic mass is 9.94. The summed E-state index contributed by atoms with van der Waals surface area (Å²) in [5.41, 5.74) is 10.8. The highest BCUT2D eigenvalue weighted by molar-refractivity contribution is 14.2. The predicted octanol–water partition coefficient (Wildman–Crippen LogP) is 6.03. The Morgan fingerprint density at radius 3 is 2.42 bits per heavy atom. The van der Waals surface area contributed by atoms with E-state index < -0.39 is 0 Å². The number of nitrogens with two attached hydrogens (primary N) is 1. The molecule has 0 amide bonds. The van der Waals surface area contributed by atoms with Crippen LogP contribution in [0.4, 0.5) is 5.69 Å². The van der Waals surface area contributed by atoms with E-state index in [1.54, 1.807) is 18.2 Å². The van der Waals surface area contributed by atoms with Crippen molar-refractivity contribution in [1.29, 1.82) is 10.8 Å². The molecule has 0 atom stereocenters. The number of nitrogens with one attached hydrogen (secondary N) is 2. The van der Waals surface area contributed by atoms with Crippen LogP contribution in [0.5, 0.6) is 5.75 Å². The molecule has 0 aromatic heterocycles. The molecule has 0 bridgehead atoms. The molecule has 2 aromatic rings. The highest BCUT2D eigenvalue weighted by Gasteiger charge is 2.12. The molecule has 4 nitrogen and oxygen atoms in total. The standard InChI is InChI=1S/C10H10INOS.C10H8N2/c1-3-7-5-6-9(13-14-11)10(12)8(7)4-2;11-9-6-5-7-3-1-2-4-8(7)10(9)12/h3-6H,1-2,12H2;1-6,11-12H. The van der Waals surface area contributed by atoms with E-state index in [9.17, 15) is 0 Å². The average Bonchev–Trinajstić information content (AvgIpc) is 2.67. The summed E-state index contributed by atoms with van der Waals surface area (Å²) in [6.07, 6.45) is 6.98. The third-order valence-corrected chi connectivity index (χ3v) is 4.54. The lowest BCUT2D eigenvalue weighted by Gasteiger charge is -2.10. The smallest absolute Gasteiger partial charge is 0.162 e. The third-order valence-electron chi connectivity index (χ3n) is 3.76. The quantitative estimate of drug-likeness (QED) is 0.287. The maximum atomic E-state index is 7.60. The first-order valence-corrected chi connectivity index (χ1v) is 10.9. The monoisotopic (exact) mass is 475 g/mol. The maximum absolute atomic E-state index is 7.60. The Balaban J connectivity index is 0.000000189. The van der Waals surface area contributed by atoms with Gasteiger partial charge in [-0.05, 0) is 23.3 Å². The van der Waals surface area contributed by atoms with Crippen molar-refractivity contribution in [3.63, 3.8) is 0 Å². The van der Waals surface area contributed by atoms with Crippen LogP contribution in [0.1, 0.15) is 22.3 Å². The van der Waals surface area contributed by atoms with Crippen LogP contribution >= 0.6 is 30.4 Å². The van der Waals surface area contributed by atoms with Gasteiger partial charge in [-0.15, -0.1) is 0 Å². The molecule has 0 saturated heterocycles. The van der Waals surface area contributed by atoms with E-state index in [0.717, 1.165) is 22.3 Å². The minimum Gasteiger partial charge on any atom is -0.413 e. The number of fused-ring (bicyclic) bond motifs is 1. The van der Waals surface area contributed by atoms with Crippen molar-refractivity contribution in [2.24, 2.45) is 0 Å². The topological polar surface area (TPSA) is 83.0 Å². The number of rotatable bonds is 4. The van der Waals surface area contributed by atoms with E-state index in [4.69, 9.17) is 20.7 Å². The largest absolute Gasteiger partial charge is 0.413 e. The predicted molar refractivity (Wildman–Crippen MR) is 123 cm³/mol. The van der Waals surface area contributed by atoms with Gasteiger partial charge in [0.2, 0.25) is 0 Å². The fourth-order valence-corrected chi connectivity index (χ4v) is 3.21. The Labute approximate surface area is 169 Å². The van der Waals surface area contributed by atoms with Crippen molar-refractivity contribution in [3.8, 4) is 5.75 Å². The number of nitrogen functional groups attached to an aromatic ring is 1. The minimum absolute atomic E-state index is 0.286. The Hall–Kier alpha value is -2.32. The van der Waals surface area contributed by atoms with Crippen LogP contribution in [0, 0.1) is 10.8 Å². The van der Waals surface area contributed by atoms with E-state index >= 15 is 0 Å². The summed E-state index contributed by atoms with van der Waals surface area (Å²) in [4.78, 5) is 0. The molecule has 1 aliphatic rings. The number of allylic oxidation sites excluding steroid dienone is 1. The zero-order chi connectivity index (χ0) is 19.1. The van der Waals surface area contributed by atoms with E-state index in [0.29, 0.717) is 17.1 Å². The van der Waals surface area contributed by atoms with E-state index in [-0.39, 0.29) is 5.71 Å². The molecule has 0 heterocycles. The summed E-state index contributed by atoms with van der Waals surface area (Å²) in [5.74, 6) is 0.657. The maximum Gasteiger partial charge on any atom is 0.162 e. The fraction of sp³-hybridized carbons (Fsp3) is 0. The zero-order valence-electron chi connectivity index (χ0n) is 14.0. The summed E-state index contributed by atoms with van der Waals surface area (Å²) in [7, 11) is 1.23. The number of halogens is 1. The van der Waals surface area contributed by atoms with Gasteiger partial charge >= 0.3 is 0 Å². The number of hydrogen-bond acceptors (Lipinski definition) is 5. The minimum atomic E-state index is 0.286. The van der Waals surface area contributed by atoms with Crippen molar-refractivity contribution < 1.29 is 4.18 Å².